The Morgan fingerprint density at radius 2 is 1.79 bits per heavy atom. The average molecular weight is 509 g/mol. The molecule has 0 spiro atoms. The third-order valence-corrected chi connectivity index (χ3v) is 8.73. The lowest BCUT2D eigenvalue weighted by atomic mass is 9.90. The number of ether oxygens (including phenoxy) is 1. The van der Waals surface area contributed by atoms with Gasteiger partial charge in [0.2, 0.25) is 15.9 Å². The van der Waals surface area contributed by atoms with Crippen LogP contribution in [0, 0.1) is 5.92 Å². The fourth-order valence-electron chi connectivity index (χ4n) is 4.79. The molecule has 2 aliphatic heterocycles. The summed E-state index contributed by atoms with van der Waals surface area (Å²) in [5.41, 5.74) is 0.944. The molecule has 2 bridgehead atoms. The van der Waals surface area contributed by atoms with Crippen molar-refractivity contribution in [2.45, 2.75) is 42.8 Å². The summed E-state index contributed by atoms with van der Waals surface area (Å²) in [4.78, 5) is 15.4. The quantitative estimate of drug-likeness (QED) is 0.527. The fourth-order valence-corrected chi connectivity index (χ4v) is 7.39. The minimum Gasteiger partial charge on any atom is -0.497 e. The summed E-state index contributed by atoms with van der Waals surface area (Å²) in [7, 11) is -2.42. The van der Waals surface area contributed by atoms with Crippen LogP contribution in [0.4, 0.5) is 0 Å². The van der Waals surface area contributed by atoms with E-state index >= 15 is 0 Å². The van der Waals surface area contributed by atoms with E-state index in [1.165, 1.54) is 22.5 Å². The molecule has 9 heteroatoms. The van der Waals surface area contributed by atoms with Crippen LogP contribution in [0.15, 0.2) is 60.0 Å². The minimum absolute atomic E-state index is 0.00360. The highest BCUT2D eigenvalue weighted by Gasteiger charge is 2.49. The summed E-state index contributed by atoms with van der Waals surface area (Å²) < 4.78 is 34.2. The molecule has 0 N–H and O–H groups in total. The van der Waals surface area contributed by atoms with Crippen LogP contribution in [0.5, 0.6) is 5.75 Å². The van der Waals surface area contributed by atoms with Gasteiger partial charge in [-0.1, -0.05) is 41.4 Å². The highest BCUT2D eigenvalue weighted by Crippen LogP contribution is 2.38. The first-order valence-electron chi connectivity index (χ1n) is 10.8. The van der Waals surface area contributed by atoms with Crippen molar-refractivity contribution in [3.63, 3.8) is 0 Å². The van der Waals surface area contributed by atoms with Crippen LogP contribution >= 0.6 is 23.2 Å². The third-order valence-electron chi connectivity index (χ3n) is 6.38. The Morgan fingerprint density at radius 3 is 2.39 bits per heavy atom. The first-order chi connectivity index (χ1) is 15.7. The van der Waals surface area contributed by atoms with Crippen LogP contribution in [0.25, 0.3) is 0 Å². The number of halogens is 2. The zero-order chi connectivity index (χ0) is 23.8. The smallest absolute Gasteiger partial charge is 0.244 e. The molecule has 33 heavy (non-hydrogen) atoms. The molecule has 2 saturated heterocycles. The second-order valence-corrected chi connectivity index (χ2v) is 11.1. The van der Waals surface area contributed by atoms with Gasteiger partial charge in [0, 0.05) is 35.1 Å². The molecular weight excluding hydrogens is 483 g/mol. The molecule has 2 aromatic carbocycles. The van der Waals surface area contributed by atoms with E-state index in [2.05, 4.69) is 6.58 Å². The summed E-state index contributed by atoms with van der Waals surface area (Å²) >= 11 is 12.2. The zero-order valence-electron chi connectivity index (χ0n) is 18.3. The maximum atomic E-state index is 13.8. The van der Waals surface area contributed by atoms with Crippen LogP contribution in [-0.4, -0.2) is 49.3 Å². The Bertz CT molecular complexity index is 1130. The van der Waals surface area contributed by atoms with Crippen LogP contribution in [-0.2, 0) is 21.4 Å². The van der Waals surface area contributed by atoms with E-state index in [9.17, 15) is 13.2 Å². The van der Waals surface area contributed by atoms with Gasteiger partial charge in [0.1, 0.15) is 11.8 Å². The van der Waals surface area contributed by atoms with E-state index in [4.69, 9.17) is 27.9 Å². The van der Waals surface area contributed by atoms with E-state index in [0.29, 0.717) is 25.9 Å². The number of hydrogen-bond acceptors (Lipinski definition) is 4. The lowest BCUT2D eigenvalue weighted by molar-refractivity contribution is -0.135. The van der Waals surface area contributed by atoms with Gasteiger partial charge in [-0.3, -0.25) is 4.79 Å². The molecule has 2 aromatic rings. The van der Waals surface area contributed by atoms with Gasteiger partial charge in [-0.25, -0.2) is 8.42 Å². The number of carbonyl (C=O) groups is 1. The van der Waals surface area contributed by atoms with Crippen molar-refractivity contribution in [1.29, 1.82) is 0 Å². The molecule has 2 heterocycles. The molecule has 0 aliphatic carbocycles. The number of sulfonamides is 1. The minimum atomic E-state index is -4.02. The third kappa shape index (κ3) is 4.78. The fraction of sp³-hybridized carbons (Fsp3) is 0.375. The van der Waals surface area contributed by atoms with Crippen molar-refractivity contribution in [3.05, 3.63) is 70.7 Å². The Labute approximate surface area is 204 Å². The number of rotatable bonds is 6. The second-order valence-electron chi connectivity index (χ2n) is 8.42. The molecule has 0 unspecified atom stereocenters. The Hall–Kier alpha value is -2.06. The van der Waals surface area contributed by atoms with Gasteiger partial charge in [0.05, 0.1) is 12.0 Å². The maximum absolute atomic E-state index is 13.8. The first-order valence-corrected chi connectivity index (χ1v) is 13.0. The molecule has 6 nitrogen and oxygen atoms in total. The summed E-state index contributed by atoms with van der Waals surface area (Å²) in [5, 5.41) is 0.461. The summed E-state index contributed by atoms with van der Waals surface area (Å²) in [5.74, 6) is 0.330. The number of methoxy groups -OCH3 is 1. The van der Waals surface area contributed by atoms with Gasteiger partial charge in [-0.2, -0.15) is 4.31 Å². The Balaban J connectivity index is 1.72. The topological polar surface area (TPSA) is 66.9 Å². The van der Waals surface area contributed by atoms with Gasteiger partial charge in [-0.05, 0) is 55.2 Å². The number of nitrogens with zero attached hydrogens (tertiary/aromatic N) is 2. The molecule has 0 radical (unpaired) electrons. The molecule has 3 atom stereocenters. The maximum Gasteiger partial charge on any atom is 0.244 e. The van der Waals surface area contributed by atoms with Crippen molar-refractivity contribution in [3.8, 4) is 5.75 Å². The van der Waals surface area contributed by atoms with Crippen molar-refractivity contribution >= 4 is 39.1 Å². The largest absolute Gasteiger partial charge is 0.497 e. The number of piperidine rings is 1. The Kier molecular flexibility index (Phi) is 7.05. The molecule has 2 fully saturated rings. The van der Waals surface area contributed by atoms with E-state index < -0.39 is 16.1 Å². The van der Waals surface area contributed by atoms with Gasteiger partial charge >= 0.3 is 0 Å². The lowest BCUT2D eigenvalue weighted by Gasteiger charge is -2.40. The van der Waals surface area contributed by atoms with E-state index in [1.54, 1.807) is 18.1 Å². The van der Waals surface area contributed by atoms with Gasteiger partial charge < -0.3 is 9.64 Å². The van der Waals surface area contributed by atoms with Crippen LogP contribution in [0.3, 0.4) is 0 Å². The molecule has 176 valence electrons. The van der Waals surface area contributed by atoms with Crippen molar-refractivity contribution < 1.29 is 17.9 Å². The number of amides is 1. The average Bonchev–Trinajstić information content (AvgIpc) is 2.86. The molecule has 0 aromatic heterocycles. The predicted molar refractivity (Wildman–Crippen MR) is 129 cm³/mol. The van der Waals surface area contributed by atoms with Crippen LogP contribution in [0.1, 0.15) is 24.8 Å². The van der Waals surface area contributed by atoms with E-state index in [1.807, 2.05) is 24.3 Å². The van der Waals surface area contributed by atoms with E-state index in [-0.39, 0.29) is 32.8 Å². The Morgan fingerprint density at radius 1 is 1.12 bits per heavy atom. The molecule has 0 saturated carbocycles. The van der Waals surface area contributed by atoms with Crippen LogP contribution in [0.2, 0.25) is 10.0 Å². The molecular formula is C24H26Cl2N2O4S. The highest BCUT2D eigenvalue weighted by atomic mass is 35.5. The SMILES string of the molecule is C=C[C@@H]1CN(Cc2ccc(OC)cc2)C(=O)[C@@H]2CCC[C@H]1N2S(=O)(=O)c1cc(Cl)cc(Cl)c1. The lowest BCUT2D eigenvalue weighted by Crippen LogP contribution is -2.54. The highest BCUT2D eigenvalue weighted by molar-refractivity contribution is 7.89. The van der Waals surface area contributed by atoms with Crippen LogP contribution < -0.4 is 4.74 Å². The summed E-state index contributed by atoms with van der Waals surface area (Å²) in [6.07, 6.45) is 3.65. The number of carbonyl (C=O) groups excluding carboxylic acids is 1. The van der Waals surface area contributed by atoms with E-state index in [0.717, 1.165) is 17.7 Å². The van der Waals surface area contributed by atoms with Crippen molar-refractivity contribution in [2.24, 2.45) is 5.92 Å². The van der Waals surface area contributed by atoms with Crippen molar-refractivity contribution in [1.82, 2.24) is 9.21 Å². The second kappa shape index (κ2) is 9.66. The van der Waals surface area contributed by atoms with Gasteiger partial charge in [-0.15, -0.1) is 6.58 Å². The van der Waals surface area contributed by atoms with Gasteiger partial charge in [0.15, 0.2) is 0 Å². The summed E-state index contributed by atoms with van der Waals surface area (Å²) in [6, 6.07) is 10.6. The van der Waals surface area contributed by atoms with Crippen molar-refractivity contribution in [2.75, 3.05) is 13.7 Å². The molecule has 4 rings (SSSR count). The normalized spacial score (nSPS) is 23.8. The number of hydrogen-bond donors (Lipinski definition) is 0. The standard InChI is InChI=1S/C24H26Cl2N2O4S/c1-3-17-15-27(14-16-7-9-20(32-2)10-8-16)24(29)23-6-4-5-22(17)28(23)33(30,31)21-12-18(25)11-19(26)13-21/h3,7-13,17,22-23H,1,4-6,14-15H2,2H3/t17-,22-,23+/m1/s1. The zero-order valence-corrected chi connectivity index (χ0v) is 20.6. The molecule has 2 aliphatic rings. The van der Waals surface area contributed by atoms with Gasteiger partial charge in [0.25, 0.3) is 0 Å². The number of benzene rings is 2. The first kappa shape index (κ1) is 24.1. The predicted octanol–water partition coefficient (Wildman–Crippen LogP) is 4.76. The summed E-state index contributed by atoms with van der Waals surface area (Å²) in [6.45, 7) is 4.74. The molecule has 1 amide bonds. The number of fused-ring (bicyclic) bond motifs is 2. The monoisotopic (exact) mass is 508 g/mol.